The molecule has 0 amide bonds. The molecule has 104 valence electrons. The fourth-order valence-corrected chi connectivity index (χ4v) is 3.35. The number of hydrogen-bond acceptors (Lipinski definition) is 3. The highest BCUT2D eigenvalue weighted by molar-refractivity contribution is 5.38. The number of fused-ring (bicyclic) bond motifs is 1. The van der Waals surface area contributed by atoms with Crippen molar-refractivity contribution in [2.75, 3.05) is 19.8 Å². The molecule has 0 bridgehead atoms. The van der Waals surface area contributed by atoms with E-state index in [9.17, 15) is 0 Å². The molecule has 0 aromatic heterocycles. The van der Waals surface area contributed by atoms with Crippen molar-refractivity contribution >= 4 is 0 Å². The second-order valence-electron chi connectivity index (χ2n) is 5.74. The first kappa shape index (κ1) is 12.9. The van der Waals surface area contributed by atoms with Crippen LogP contribution >= 0.6 is 0 Å². The highest BCUT2D eigenvalue weighted by atomic mass is 16.5. The van der Waals surface area contributed by atoms with E-state index in [2.05, 4.69) is 18.2 Å². The first-order valence-electron chi connectivity index (χ1n) is 7.39. The summed E-state index contributed by atoms with van der Waals surface area (Å²) in [5, 5.41) is 0. The van der Waals surface area contributed by atoms with E-state index in [1.807, 2.05) is 6.07 Å². The predicted octanol–water partition coefficient (Wildman–Crippen LogP) is 2.70. The van der Waals surface area contributed by atoms with Crippen molar-refractivity contribution in [1.29, 1.82) is 0 Å². The fraction of sp³-hybridized carbons (Fsp3) is 0.625. The summed E-state index contributed by atoms with van der Waals surface area (Å²) in [5.74, 6) is 2.22. The van der Waals surface area contributed by atoms with E-state index in [1.165, 1.54) is 18.4 Å². The summed E-state index contributed by atoms with van der Waals surface area (Å²) in [7, 11) is 0. The lowest BCUT2D eigenvalue weighted by molar-refractivity contribution is 0.0603. The van der Waals surface area contributed by atoms with Gasteiger partial charge in [-0.3, -0.25) is 0 Å². The fourth-order valence-electron chi connectivity index (χ4n) is 3.35. The van der Waals surface area contributed by atoms with Crippen LogP contribution in [0.25, 0.3) is 0 Å². The molecule has 2 aliphatic rings. The Morgan fingerprint density at radius 1 is 1.11 bits per heavy atom. The quantitative estimate of drug-likeness (QED) is 0.910. The van der Waals surface area contributed by atoms with Crippen molar-refractivity contribution in [1.82, 2.24) is 0 Å². The third-order valence-corrected chi connectivity index (χ3v) is 4.47. The maximum atomic E-state index is 6.50. The standard InChI is InChI=1S/C16H23NO2/c17-15(11-12-5-8-18-9-6-12)13-7-10-19-16-4-2-1-3-14(13)16/h1-4,12-13,15H,5-11,17H2. The Hall–Kier alpha value is -1.06. The van der Waals surface area contributed by atoms with E-state index in [0.717, 1.165) is 44.3 Å². The van der Waals surface area contributed by atoms with Gasteiger partial charge >= 0.3 is 0 Å². The van der Waals surface area contributed by atoms with Crippen molar-refractivity contribution in [3.63, 3.8) is 0 Å². The van der Waals surface area contributed by atoms with Gasteiger partial charge in [0, 0.05) is 25.2 Å². The molecule has 2 aliphatic heterocycles. The molecule has 3 heteroatoms. The third kappa shape index (κ3) is 2.93. The lowest BCUT2D eigenvalue weighted by Crippen LogP contribution is -2.35. The van der Waals surface area contributed by atoms with Gasteiger partial charge in [0.15, 0.2) is 0 Å². The second kappa shape index (κ2) is 5.93. The van der Waals surface area contributed by atoms with Crippen molar-refractivity contribution in [2.45, 2.75) is 37.6 Å². The monoisotopic (exact) mass is 261 g/mol. The zero-order valence-electron chi connectivity index (χ0n) is 11.4. The predicted molar refractivity (Wildman–Crippen MR) is 75.4 cm³/mol. The molecular weight excluding hydrogens is 238 g/mol. The van der Waals surface area contributed by atoms with Crippen molar-refractivity contribution in [2.24, 2.45) is 11.7 Å². The van der Waals surface area contributed by atoms with Gasteiger partial charge in [-0.15, -0.1) is 0 Å². The van der Waals surface area contributed by atoms with Gasteiger partial charge in [-0.2, -0.15) is 0 Å². The molecule has 0 aliphatic carbocycles. The average molecular weight is 261 g/mol. The first-order valence-corrected chi connectivity index (χ1v) is 7.39. The van der Waals surface area contributed by atoms with Gasteiger partial charge < -0.3 is 15.2 Å². The number of benzene rings is 1. The third-order valence-electron chi connectivity index (χ3n) is 4.47. The summed E-state index contributed by atoms with van der Waals surface area (Å²) >= 11 is 0. The molecule has 1 saturated heterocycles. The molecule has 1 aromatic rings. The summed E-state index contributed by atoms with van der Waals surface area (Å²) in [6.45, 7) is 2.60. The molecule has 2 N–H and O–H groups in total. The normalized spacial score (nSPS) is 25.4. The van der Waals surface area contributed by atoms with E-state index >= 15 is 0 Å². The number of rotatable bonds is 3. The van der Waals surface area contributed by atoms with Gasteiger partial charge in [-0.1, -0.05) is 18.2 Å². The van der Waals surface area contributed by atoms with Crippen LogP contribution in [0.15, 0.2) is 24.3 Å². The molecule has 1 aromatic carbocycles. The number of nitrogens with two attached hydrogens (primary N) is 1. The molecule has 2 unspecified atom stereocenters. The van der Waals surface area contributed by atoms with E-state index < -0.39 is 0 Å². The van der Waals surface area contributed by atoms with Crippen LogP contribution in [0.4, 0.5) is 0 Å². The summed E-state index contributed by atoms with van der Waals surface area (Å²) in [4.78, 5) is 0. The van der Waals surface area contributed by atoms with Gasteiger partial charge in [0.25, 0.3) is 0 Å². The highest BCUT2D eigenvalue weighted by Crippen LogP contribution is 2.37. The van der Waals surface area contributed by atoms with Crippen LogP contribution in [0, 0.1) is 5.92 Å². The van der Waals surface area contributed by atoms with Gasteiger partial charge in [0.1, 0.15) is 5.75 Å². The number of ether oxygens (including phenoxy) is 2. The number of hydrogen-bond donors (Lipinski definition) is 1. The molecular formula is C16H23NO2. The van der Waals surface area contributed by atoms with Gasteiger partial charge in [-0.25, -0.2) is 0 Å². The van der Waals surface area contributed by atoms with Crippen LogP contribution in [0.5, 0.6) is 5.75 Å². The maximum absolute atomic E-state index is 6.50. The Morgan fingerprint density at radius 2 is 1.89 bits per heavy atom. The van der Waals surface area contributed by atoms with Gasteiger partial charge in [0.05, 0.1) is 6.61 Å². The van der Waals surface area contributed by atoms with Gasteiger partial charge in [0.2, 0.25) is 0 Å². The maximum Gasteiger partial charge on any atom is 0.122 e. The van der Waals surface area contributed by atoms with Crippen molar-refractivity contribution in [3.8, 4) is 5.75 Å². The molecule has 3 rings (SSSR count). The Balaban J connectivity index is 1.68. The highest BCUT2D eigenvalue weighted by Gasteiger charge is 2.28. The Bertz CT molecular complexity index is 415. The Labute approximate surface area is 115 Å². The molecule has 1 fully saturated rings. The average Bonchev–Trinajstić information content (AvgIpc) is 2.47. The van der Waals surface area contributed by atoms with E-state index in [0.29, 0.717) is 5.92 Å². The van der Waals surface area contributed by atoms with Crippen molar-refractivity contribution in [3.05, 3.63) is 29.8 Å². The lowest BCUT2D eigenvalue weighted by Gasteiger charge is -2.33. The van der Waals surface area contributed by atoms with E-state index in [4.69, 9.17) is 15.2 Å². The zero-order chi connectivity index (χ0) is 13.1. The molecule has 0 spiro atoms. The summed E-state index contributed by atoms with van der Waals surface area (Å²) in [6.07, 6.45) is 4.49. The second-order valence-corrected chi connectivity index (χ2v) is 5.74. The minimum absolute atomic E-state index is 0.244. The molecule has 19 heavy (non-hydrogen) atoms. The lowest BCUT2D eigenvalue weighted by atomic mass is 9.81. The van der Waals surface area contributed by atoms with Crippen LogP contribution in [-0.4, -0.2) is 25.9 Å². The summed E-state index contributed by atoms with van der Waals surface area (Å²) < 4.78 is 11.1. The van der Waals surface area contributed by atoms with Gasteiger partial charge in [-0.05, 0) is 43.2 Å². The number of para-hydroxylation sites is 1. The van der Waals surface area contributed by atoms with E-state index in [1.54, 1.807) is 0 Å². The molecule has 2 atom stereocenters. The first-order chi connectivity index (χ1) is 9.34. The topological polar surface area (TPSA) is 44.5 Å². The Morgan fingerprint density at radius 3 is 2.74 bits per heavy atom. The summed E-state index contributed by atoms with van der Waals surface area (Å²) in [5.41, 5.74) is 7.80. The van der Waals surface area contributed by atoms with Crippen LogP contribution < -0.4 is 10.5 Å². The minimum atomic E-state index is 0.244. The van der Waals surface area contributed by atoms with Crippen molar-refractivity contribution < 1.29 is 9.47 Å². The SMILES string of the molecule is NC(CC1CCOCC1)C1CCOc2ccccc21. The van der Waals surface area contributed by atoms with Crippen LogP contribution in [0.3, 0.4) is 0 Å². The van der Waals surface area contributed by atoms with Crippen LogP contribution in [0.2, 0.25) is 0 Å². The molecule has 2 heterocycles. The largest absolute Gasteiger partial charge is 0.493 e. The smallest absolute Gasteiger partial charge is 0.122 e. The molecule has 0 radical (unpaired) electrons. The van der Waals surface area contributed by atoms with Crippen LogP contribution in [0.1, 0.15) is 37.2 Å². The summed E-state index contributed by atoms with van der Waals surface area (Å²) in [6, 6.07) is 8.59. The molecule has 0 saturated carbocycles. The minimum Gasteiger partial charge on any atom is -0.493 e. The van der Waals surface area contributed by atoms with E-state index in [-0.39, 0.29) is 6.04 Å². The van der Waals surface area contributed by atoms with Crippen LogP contribution in [-0.2, 0) is 4.74 Å². The Kier molecular flexibility index (Phi) is 4.04. The zero-order valence-corrected chi connectivity index (χ0v) is 11.4. The molecule has 3 nitrogen and oxygen atoms in total.